The molecule has 0 aliphatic carbocycles. The van der Waals surface area contributed by atoms with E-state index in [0.29, 0.717) is 18.0 Å². The summed E-state index contributed by atoms with van der Waals surface area (Å²) in [5.41, 5.74) is 6.37. The zero-order chi connectivity index (χ0) is 13.7. The zero-order valence-electron chi connectivity index (χ0n) is 11.3. The maximum absolute atomic E-state index is 12.0. The van der Waals surface area contributed by atoms with E-state index in [0.717, 1.165) is 4.47 Å². The van der Waals surface area contributed by atoms with Gasteiger partial charge >= 0.3 is 0 Å². The van der Waals surface area contributed by atoms with E-state index >= 15 is 0 Å². The number of halogens is 2. The van der Waals surface area contributed by atoms with E-state index < -0.39 is 0 Å². The highest BCUT2D eigenvalue weighted by Crippen LogP contribution is 2.28. The van der Waals surface area contributed by atoms with E-state index in [4.69, 9.17) is 10.5 Å². The second-order valence-corrected chi connectivity index (χ2v) is 5.13. The van der Waals surface area contributed by atoms with Crippen LogP contribution in [-0.4, -0.2) is 18.6 Å². The third-order valence-corrected chi connectivity index (χ3v) is 3.19. The molecular formula is C13H20BrClN2O2. The standard InChI is InChI=1S/C13H19BrN2O2.ClH/c1-4-18-12-6-5-10(14)7-11(12)16-13(17)8(2)9(3)15;/h5-9H,4,15H2,1-3H3,(H,16,17);1H. The Morgan fingerprint density at radius 2 is 2.11 bits per heavy atom. The fraction of sp³-hybridized carbons (Fsp3) is 0.462. The van der Waals surface area contributed by atoms with Crippen molar-refractivity contribution in [1.82, 2.24) is 0 Å². The van der Waals surface area contributed by atoms with Gasteiger partial charge in [0.25, 0.3) is 0 Å². The quantitative estimate of drug-likeness (QED) is 0.856. The predicted octanol–water partition coefficient (Wildman–Crippen LogP) is 3.19. The van der Waals surface area contributed by atoms with E-state index in [1.165, 1.54) is 0 Å². The molecule has 2 atom stereocenters. The molecule has 0 saturated heterocycles. The van der Waals surface area contributed by atoms with Crippen LogP contribution in [0.1, 0.15) is 20.8 Å². The number of anilines is 1. The van der Waals surface area contributed by atoms with Gasteiger partial charge in [0, 0.05) is 10.5 Å². The van der Waals surface area contributed by atoms with Crippen molar-refractivity contribution in [2.75, 3.05) is 11.9 Å². The van der Waals surface area contributed by atoms with E-state index in [-0.39, 0.29) is 30.3 Å². The third kappa shape index (κ3) is 5.38. The van der Waals surface area contributed by atoms with E-state index in [9.17, 15) is 4.79 Å². The van der Waals surface area contributed by atoms with Gasteiger partial charge in [0.1, 0.15) is 5.75 Å². The highest BCUT2D eigenvalue weighted by atomic mass is 79.9. The normalized spacial score (nSPS) is 13.1. The molecule has 1 amide bonds. The van der Waals surface area contributed by atoms with Crippen LogP contribution in [0.2, 0.25) is 0 Å². The number of amides is 1. The van der Waals surface area contributed by atoms with Gasteiger partial charge in [0.2, 0.25) is 5.91 Å². The molecule has 108 valence electrons. The molecule has 0 radical (unpaired) electrons. The molecule has 3 N–H and O–H groups in total. The van der Waals surface area contributed by atoms with E-state index in [1.807, 2.05) is 32.0 Å². The van der Waals surface area contributed by atoms with Crippen LogP contribution >= 0.6 is 28.3 Å². The summed E-state index contributed by atoms with van der Waals surface area (Å²) in [4.78, 5) is 12.0. The van der Waals surface area contributed by atoms with Gasteiger partial charge < -0.3 is 15.8 Å². The maximum Gasteiger partial charge on any atom is 0.228 e. The largest absolute Gasteiger partial charge is 0.492 e. The number of rotatable bonds is 5. The third-order valence-electron chi connectivity index (χ3n) is 2.70. The van der Waals surface area contributed by atoms with Crippen LogP contribution in [0, 0.1) is 5.92 Å². The van der Waals surface area contributed by atoms with Crippen LogP contribution in [0.5, 0.6) is 5.75 Å². The lowest BCUT2D eigenvalue weighted by Gasteiger charge is -2.17. The first-order valence-corrected chi connectivity index (χ1v) is 6.73. The summed E-state index contributed by atoms with van der Waals surface area (Å²) in [6.07, 6.45) is 0. The number of ether oxygens (including phenoxy) is 1. The molecule has 0 heterocycles. The van der Waals surface area contributed by atoms with Gasteiger partial charge in [-0.2, -0.15) is 0 Å². The van der Waals surface area contributed by atoms with Crippen molar-refractivity contribution in [2.45, 2.75) is 26.8 Å². The predicted molar refractivity (Wildman–Crippen MR) is 84.0 cm³/mol. The van der Waals surface area contributed by atoms with E-state index in [1.54, 1.807) is 6.92 Å². The summed E-state index contributed by atoms with van der Waals surface area (Å²) in [7, 11) is 0. The van der Waals surface area contributed by atoms with Gasteiger partial charge in [0.05, 0.1) is 18.2 Å². The molecule has 6 heteroatoms. The molecule has 4 nitrogen and oxygen atoms in total. The molecule has 19 heavy (non-hydrogen) atoms. The second kappa shape index (κ2) is 8.40. The Morgan fingerprint density at radius 1 is 1.47 bits per heavy atom. The highest BCUT2D eigenvalue weighted by molar-refractivity contribution is 9.10. The molecule has 2 unspecified atom stereocenters. The molecule has 0 spiro atoms. The summed E-state index contributed by atoms with van der Waals surface area (Å²) in [5, 5.41) is 2.84. The molecular weight excluding hydrogens is 332 g/mol. The number of carbonyl (C=O) groups excluding carboxylic acids is 1. The van der Waals surface area contributed by atoms with Gasteiger partial charge in [-0.05, 0) is 32.0 Å². The van der Waals surface area contributed by atoms with Gasteiger partial charge in [-0.3, -0.25) is 4.79 Å². The van der Waals surface area contributed by atoms with Crippen LogP contribution in [-0.2, 0) is 4.79 Å². The van der Waals surface area contributed by atoms with Crippen molar-refractivity contribution in [1.29, 1.82) is 0 Å². The van der Waals surface area contributed by atoms with Crippen LogP contribution in [0.25, 0.3) is 0 Å². The van der Waals surface area contributed by atoms with E-state index in [2.05, 4.69) is 21.2 Å². The molecule has 1 aromatic carbocycles. The topological polar surface area (TPSA) is 64.3 Å². The summed E-state index contributed by atoms with van der Waals surface area (Å²) in [6.45, 7) is 6.07. The van der Waals surface area contributed by atoms with Crippen LogP contribution in [0.3, 0.4) is 0 Å². The lowest BCUT2D eigenvalue weighted by Crippen LogP contribution is -2.34. The molecule has 1 aromatic rings. The molecule has 0 aliphatic rings. The summed E-state index contributed by atoms with van der Waals surface area (Å²) in [6, 6.07) is 5.32. The fourth-order valence-electron chi connectivity index (χ4n) is 1.37. The van der Waals surface area contributed by atoms with Crippen molar-refractivity contribution >= 4 is 39.9 Å². The van der Waals surface area contributed by atoms with Crippen molar-refractivity contribution in [3.05, 3.63) is 22.7 Å². The summed E-state index contributed by atoms with van der Waals surface area (Å²) < 4.78 is 6.35. The molecule has 1 rings (SSSR count). The average molecular weight is 352 g/mol. The second-order valence-electron chi connectivity index (χ2n) is 4.21. The monoisotopic (exact) mass is 350 g/mol. The number of nitrogens with one attached hydrogen (secondary N) is 1. The molecule has 0 saturated carbocycles. The molecule has 0 aromatic heterocycles. The fourth-order valence-corrected chi connectivity index (χ4v) is 1.73. The van der Waals surface area contributed by atoms with Gasteiger partial charge in [-0.15, -0.1) is 12.4 Å². The first kappa shape index (κ1) is 18.2. The Balaban J connectivity index is 0.00000324. The van der Waals surface area contributed by atoms with Crippen molar-refractivity contribution in [2.24, 2.45) is 11.7 Å². The Morgan fingerprint density at radius 3 is 2.63 bits per heavy atom. The Kier molecular flexibility index (Phi) is 8.06. The summed E-state index contributed by atoms with van der Waals surface area (Å²) >= 11 is 3.37. The smallest absolute Gasteiger partial charge is 0.228 e. The number of benzene rings is 1. The highest BCUT2D eigenvalue weighted by Gasteiger charge is 2.18. The van der Waals surface area contributed by atoms with Crippen LogP contribution in [0.15, 0.2) is 22.7 Å². The van der Waals surface area contributed by atoms with Crippen molar-refractivity contribution in [3.8, 4) is 5.75 Å². The van der Waals surface area contributed by atoms with Crippen LogP contribution in [0.4, 0.5) is 5.69 Å². The average Bonchev–Trinajstić information content (AvgIpc) is 2.31. The van der Waals surface area contributed by atoms with Crippen molar-refractivity contribution < 1.29 is 9.53 Å². The lowest BCUT2D eigenvalue weighted by atomic mass is 10.0. The molecule has 0 aliphatic heterocycles. The van der Waals surface area contributed by atoms with Gasteiger partial charge in [-0.1, -0.05) is 22.9 Å². The number of hydrogen-bond donors (Lipinski definition) is 2. The van der Waals surface area contributed by atoms with Gasteiger partial charge in [-0.25, -0.2) is 0 Å². The lowest BCUT2D eigenvalue weighted by molar-refractivity contribution is -0.119. The molecule has 0 bridgehead atoms. The SMILES string of the molecule is CCOc1ccc(Br)cc1NC(=O)C(C)C(C)N.Cl. The Hall–Kier alpha value is -0.780. The zero-order valence-corrected chi connectivity index (χ0v) is 13.7. The minimum Gasteiger partial charge on any atom is -0.492 e. The maximum atomic E-state index is 12.0. The number of hydrogen-bond acceptors (Lipinski definition) is 3. The Bertz CT molecular complexity index is 427. The first-order valence-electron chi connectivity index (χ1n) is 5.94. The summed E-state index contributed by atoms with van der Waals surface area (Å²) in [5.74, 6) is 0.299. The first-order chi connectivity index (χ1) is 8.45. The number of nitrogens with two attached hydrogens (primary N) is 1. The minimum atomic E-state index is -0.251. The minimum absolute atomic E-state index is 0. The number of carbonyl (C=O) groups is 1. The van der Waals surface area contributed by atoms with Crippen molar-refractivity contribution in [3.63, 3.8) is 0 Å². The van der Waals surface area contributed by atoms with Gasteiger partial charge in [0.15, 0.2) is 0 Å². The van der Waals surface area contributed by atoms with Crippen LogP contribution < -0.4 is 15.8 Å². The Labute approximate surface area is 128 Å². The molecule has 0 fully saturated rings.